The minimum absolute atomic E-state index is 0.487. The van der Waals surface area contributed by atoms with Crippen LogP contribution in [0.1, 0.15) is 19.4 Å². The smallest absolute Gasteiger partial charge is 0.196 e. The maximum Gasteiger partial charge on any atom is 0.196 e. The van der Waals surface area contributed by atoms with Gasteiger partial charge in [-0.1, -0.05) is 30.3 Å². The summed E-state index contributed by atoms with van der Waals surface area (Å²) in [6.07, 6.45) is 0.798. The van der Waals surface area contributed by atoms with Crippen molar-refractivity contribution in [3.8, 4) is 0 Å². The first-order chi connectivity index (χ1) is 6.08. The molecule has 0 saturated carbocycles. The maximum absolute atomic E-state index is 11.1. The molecule has 13 heavy (non-hydrogen) atoms. The van der Waals surface area contributed by atoms with Crippen molar-refractivity contribution in [3.63, 3.8) is 0 Å². The van der Waals surface area contributed by atoms with Crippen LogP contribution in [0.15, 0.2) is 30.3 Å². The van der Waals surface area contributed by atoms with Crippen molar-refractivity contribution < 1.29 is 9.84 Å². The lowest BCUT2D eigenvalue weighted by Gasteiger charge is -2.15. The predicted octanol–water partition coefficient (Wildman–Crippen LogP) is 2.41. The van der Waals surface area contributed by atoms with Gasteiger partial charge in [-0.25, -0.2) is 0 Å². The van der Waals surface area contributed by atoms with Crippen molar-refractivity contribution in [2.24, 2.45) is 0 Å². The van der Waals surface area contributed by atoms with Crippen LogP contribution in [-0.4, -0.2) is 12.4 Å². The lowest BCUT2D eigenvalue weighted by atomic mass is 10.2. The molecule has 2 nitrogen and oxygen atoms in total. The zero-order chi connectivity index (χ0) is 9.73. The van der Waals surface area contributed by atoms with Crippen molar-refractivity contribution in [1.82, 2.24) is 0 Å². The Bertz CT molecular complexity index is 236. The van der Waals surface area contributed by atoms with Crippen LogP contribution in [-0.2, 0) is 16.3 Å². The second-order valence-electron chi connectivity index (χ2n) is 3.48. The highest BCUT2D eigenvalue weighted by atomic mass is 16.6. The molecule has 0 aromatic heterocycles. The van der Waals surface area contributed by atoms with E-state index in [4.69, 9.17) is 4.74 Å². The molecule has 71 valence electrons. The van der Waals surface area contributed by atoms with Crippen LogP contribution < -0.4 is 0 Å². The minimum Gasteiger partial charge on any atom is -0.347 e. The second-order valence-corrected chi connectivity index (χ2v) is 3.48. The summed E-state index contributed by atoms with van der Waals surface area (Å²) < 4.78 is 5.08. The van der Waals surface area contributed by atoms with Gasteiger partial charge in [0.1, 0.15) is 0 Å². The van der Waals surface area contributed by atoms with Gasteiger partial charge in [0.2, 0.25) is 0 Å². The van der Waals surface area contributed by atoms with E-state index in [0.29, 0.717) is 6.61 Å². The molecular weight excluding hydrogens is 164 g/mol. The highest BCUT2D eigenvalue weighted by molar-refractivity contribution is 5.14. The molecular formula is C11H15O2. The second kappa shape index (κ2) is 4.40. The zero-order valence-corrected chi connectivity index (χ0v) is 8.12. The van der Waals surface area contributed by atoms with Gasteiger partial charge in [0, 0.05) is 0 Å². The Balaban J connectivity index is 2.29. The van der Waals surface area contributed by atoms with Crippen molar-refractivity contribution >= 4 is 0 Å². The maximum atomic E-state index is 11.1. The van der Waals surface area contributed by atoms with Gasteiger partial charge >= 0.3 is 0 Å². The summed E-state index contributed by atoms with van der Waals surface area (Å²) in [4.78, 5) is 0. The fourth-order valence-electron chi connectivity index (χ4n) is 1.06. The van der Waals surface area contributed by atoms with Crippen LogP contribution in [0.5, 0.6) is 0 Å². The minimum atomic E-state index is -1.27. The third-order valence-electron chi connectivity index (χ3n) is 1.68. The quantitative estimate of drug-likeness (QED) is 0.652. The van der Waals surface area contributed by atoms with Gasteiger partial charge in [0.05, 0.1) is 6.61 Å². The van der Waals surface area contributed by atoms with Crippen LogP contribution in [0, 0.1) is 0 Å². The SMILES string of the molecule is CC(C)([O])OCCc1ccccc1. The topological polar surface area (TPSA) is 29.1 Å². The number of hydrogen-bond donors (Lipinski definition) is 0. The Hall–Kier alpha value is -0.860. The Labute approximate surface area is 79.2 Å². The summed E-state index contributed by atoms with van der Waals surface area (Å²) in [5, 5.41) is 11.1. The third kappa shape index (κ3) is 4.65. The summed E-state index contributed by atoms with van der Waals surface area (Å²) in [6.45, 7) is 3.54. The van der Waals surface area contributed by atoms with Gasteiger partial charge < -0.3 is 4.74 Å². The fraction of sp³-hybridized carbons (Fsp3) is 0.455. The van der Waals surface area contributed by atoms with Gasteiger partial charge in [0.25, 0.3) is 0 Å². The van der Waals surface area contributed by atoms with Crippen molar-refractivity contribution in [1.29, 1.82) is 0 Å². The van der Waals surface area contributed by atoms with Crippen molar-refractivity contribution in [2.45, 2.75) is 26.1 Å². The van der Waals surface area contributed by atoms with E-state index in [9.17, 15) is 5.11 Å². The first-order valence-corrected chi connectivity index (χ1v) is 4.46. The first kappa shape index (κ1) is 10.2. The van der Waals surface area contributed by atoms with Gasteiger partial charge in [-0.2, -0.15) is 5.11 Å². The highest BCUT2D eigenvalue weighted by Crippen LogP contribution is 2.06. The number of benzene rings is 1. The standard InChI is InChI=1S/C11H15O2/c1-11(2,12)13-9-8-10-6-4-3-5-7-10/h3-7H,8-9H2,1-2H3. The van der Waals surface area contributed by atoms with Crippen LogP contribution in [0.3, 0.4) is 0 Å². The highest BCUT2D eigenvalue weighted by Gasteiger charge is 2.14. The van der Waals surface area contributed by atoms with Crippen molar-refractivity contribution in [2.75, 3.05) is 6.61 Å². The average molecular weight is 179 g/mol. The van der Waals surface area contributed by atoms with E-state index in [-0.39, 0.29) is 0 Å². The molecule has 0 atom stereocenters. The zero-order valence-electron chi connectivity index (χ0n) is 8.12. The monoisotopic (exact) mass is 179 g/mol. The van der Waals surface area contributed by atoms with E-state index >= 15 is 0 Å². The Kier molecular flexibility index (Phi) is 3.46. The van der Waals surface area contributed by atoms with Gasteiger partial charge in [-0.3, -0.25) is 0 Å². The molecule has 0 spiro atoms. The summed E-state index contributed by atoms with van der Waals surface area (Å²) >= 11 is 0. The Morgan fingerprint density at radius 3 is 2.38 bits per heavy atom. The van der Waals surface area contributed by atoms with Crippen LogP contribution in [0.25, 0.3) is 0 Å². The van der Waals surface area contributed by atoms with Crippen LogP contribution in [0.2, 0.25) is 0 Å². The van der Waals surface area contributed by atoms with Gasteiger partial charge in [-0.05, 0) is 25.8 Å². The van der Waals surface area contributed by atoms with E-state index in [1.807, 2.05) is 30.3 Å². The summed E-state index contributed by atoms with van der Waals surface area (Å²) in [5.41, 5.74) is 1.20. The molecule has 0 unspecified atom stereocenters. The third-order valence-corrected chi connectivity index (χ3v) is 1.68. The van der Waals surface area contributed by atoms with E-state index < -0.39 is 5.79 Å². The van der Waals surface area contributed by atoms with E-state index in [0.717, 1.165) is 6.42 Å². The lowest BCUT2D eigenvalue weighted by Crippen LogP contribution is -2.22. The molecule has 0 amide bonds. The summed E-state index contributed by atoms with van der Waals surface area (Å²) in [5.74, 6) is -1.27. The molecule has 1 radical (unpaired) electrons. The molecule has 0 bridgehead atoms. The molecule has 0 aliphatic heterocycles. The Morgan fingerprint density at radius 2 is 1.85 bits per heavy atom. The van der Waals surface area contributed by atoms with Crippen LogP contribution >= 0.6 is 0 Å². The first-order valence-electron chi connectivity index (χ1n) is 4.46. The van der Waals surface area contributed by atoms with E-state index in [1.165, 1.54) is 19.4 Å². The van der Waals surface area contributed by atoms with Gasteiger partial charge in [-0.15, -0.1) is 0 Å². The van der Waals surface area contributed by atoms with Gasteiger partial charge in [0.15, 0.2) is 5.79 Å². The summed E-state index contributed by atoms with van der Waals surface area (Å²) in [7, 11) is 0. The Morgan fingerprint density at radius 1 is 1.23 bits per heavy atom. The van der Waals surface area contributed by atoms with E-state index in [1.54, 1.807) is 0 Å². The van der Waals surface area contributed by atoms with Crippen molar-refractivity contribution in [3.05, 3.63) is 35.9 Å². The van der Waals surface area contributed by atoms with E-state index in [2.05, 4.69) is 0 Å². The number of rotatable bonds is 4. The predicted molar refractivity (Wildman–Crippen MR) is 50.9 cm³/mol. The molecule has 0 fully saturated rings. The molecule has 0 aliphatic rings. The number of hydrogen-bond acceptors (Lipinski definition) is 1. The largest absolute Gasteiger partial charge is 0.347 e. The normalized spacial score (nSPS) is 11.6. The molecule has 0 aliphatic carbocycles. The molecule has 0 saturated heterocycles. The average Bonchev–Trinajstić information content (AvgIpc) is 2.04. The summed E-state index contributed by atoms with van der Waals surface area (Å²) in [6, 6.07) is 10.00. The molecule has 0 heterocycles. The molecule has 1 aromatic carbocycles. The molecule has 1 rings (SSSR count). The lowest BCUT2D eigenvalue weighted by molar-refractivity contribution is -0.214. The fourth-order valence-corrected chi connectivity index (χ4v) is 1.06. The van der Waals surface area contributed by atoms with Crippen LogP contribution in [0.4, 0.5) is 0 Å². The molecule has 2 heteroatoms. The number of ether oxygens (including phenoxy) is 1. The molecule has 0 N–H and O–H groups in total. The molecule has 1 aromatic rings.